The van der Waals surface area contributed by atoms with Crippen LogP contribution in [-0.2, 0) is 35.7 Å². The van der Waals surface area contributed by atoms with Gasteiger partial charge in [-0.2, -0.15) is 0 Å². The molecule has 7 heteroatoms. The highest BCUT2D eigenvalue weighted by Crippen LogP contribution is 2.30. The van der Waals surface area contributed by atoms with Gasteiger partial charge >= 0.3 is 12.2 Å². The molecule has 0 fully saturated rings. The van der Waals surface area contributed by atoms with E-state index in [0.29, 0.717) is 25.2 Å². The molecule has 2 aromatic rings. The predicted octanol–water partition coefficient (Wildman–Crippen LogP) is 4.22. The summed E-state index contributed by atoms with van der Waals surface area (Å²) in [6.45, 7) is 6.28. The number of carbonyl (C=O) groups is 2. The second-order valence-corrected chi connectivity index (χ2v) is 8.23. The van der Waals surface area contributed by atoms with E-state index in [2.05, 4.69) is 5.32 Å². The van der Waals surface area contributed by atoms with Crippen molar-refractivity contribution in [3.8, 4) is 0 Å². The molecule has 0 saturated heterocycles. The van der Waals surface area contributed by atoms with Gasteiger partial charge in [-0.25, -0.2) is 9.59 Å². The topological polar surface area (TPSA) is 88.1 Å². The highest BCUT2D eigenvalue weighted by Gasteiger charge is 2.28. The number of aliphatic hydroxyl groups is 1. The number of rotatable bonds is 4. The SMILES string of the molecule is CC(C)(C)OC(=O)N1CCc2c(NC(=O)OCc3ccccc3)ccc(CO)c2C1. The Balaban J connectivity index is 1.72. The number of benzene rings is 2. The van der Waals surface area contributed by atoms with Gasteiger partial charge in [0, 0.05) is 18.8 Å². The lowest BCUT2D eigenvalue weighted by Gasteiger charge is -2.33. The number of carbonyl (C=O) groups excluding carboxylic acids is 2. The van der Waals surface area contributed by atoms with Gasteiger partial charge in [0.15, 0.2) is 0 Å². The molecule has 160 valence electrons. The Morgan fingerprint density at radius 2 is 1.83 bits per heavy atom. The lowest BCUT2D eigenvalue weighted by atomic mass is 9.93. The van der Waals surface area contributed by atoms with Crippen molar-refractivity contribution in [3.05, 3.63) is 64.7 Å². The normalized spacial score (nSPS) is 13.4. The monoisotopic (exact) mass is 412 g/mol. The van der Waals surface area contributed by atoms with Crippen molar-refractivity contribution >= 4 is 17.9 Å². The maximum absolute atomic E-state index is 12.5. The Labute approximate surface area is 176 Å². The van der Waals surface area contributed by atoms with E-state index in [0.717, 1.165) is 22.3 Å². The Morgan fingerprint density at radius 3 is 2.50 bits per heavy atom. The van der Waals surface area contributed by atoms with Crippen molar-refractivity contribution < 1.29 is 24.2 Å². The van der Waals surface area contributed by atoms with Crippen LogP contribution in [-0.4, -0.2) is 34.3 Å². The van der Waals surface area contributed by atoms with E-state index in [1.807, 2.05) is 51.1 Å². The number of nitrogens with one attached hydrogen (secondary N) is 1. The fourth-order valence-electron chi connectivity index (χ4n) is 3.36. The van der Waals surface area contributed by atoms with Crippen LogP contribution in [0.1, 0.15) is 43.0 Å². The highest BCUT2D eigenvalue weighted by molar-refractivity contribution is 5.86. The molecule has 0 bridgehead atoms. The molecule has 0 radical (unpaired) electrons. The molecular formula is C23H28N2O5. The molecule has 1 heterocycles. The standard InChI is InChI=1S/C23H28N2O5/c1-23(2,3)30-22(28)25-12-11-18-19(13-25)17(14-26)9-10-20(18)24-21(27)29-15-16-7-5-4-6-8-16/h4-10,26H,11-15H2,1-3H3,(H,24,27). The van der Waals surface area contributed by atoms with Gasteiger partial charge < -0.3 is 19.5 Å². The second-order valence-electron chi connectivity index (χ2n) is 8.23. The van der Waals surface area contributed by atoms with E-state index in [4.69, 9.17) is 9.47 Å². The Bertz CT molecular complexity index is 906. The molecule has 0 aromatic heterocycles. The summed E-state index contributed by atoms with van der Waals surface area (Å²) in [5, 5.41) is 12.5. The molecule has 3 rings (SSSR count). The first-order valence-corrected chi connectivity index (χ1v) is 9.97. The van der Waals surface area contributed by atoms with Crippen molar-refractivity contribution in [1.29, 1.82) is 0 Å². The van der Waals surface area contributed by atoms with Crippen molar-refractivity contribution in [1.82, 2.24) is 4.90 Å². The van der Waals surface area contributed by atoms with E-state index in [1.54, 1.807) is 17.0 Å². The predicted molar refractivity (Wildman–Crippen MR) is 113 cm³/mol. The maximum atomic E-state index is 12.5. The molecule has 1 aliphatic heterocycles. The lowest BCUT2D eigenvalue weighted by Crippen LogP contribution is -2.40. The lowest BCUT2D eigenvalue weighted by molar-refractivity contribution is 0.0222. The quantitative estimate of drug-likeness (QED) is 0.785. The first-order valence-electron chi connectivity index (χ1n) is 9.97. The van der Waals surface area contributed by atoms with Crippen LogP contribution in [0.15, 0.2) is 42.5 Å². The first-order chi connectivity index (χ1) is 14.3. The van der Waals surface area contributed by atoms with Gasteiger partial charge in [0.1, 0.15) is 12.2 Å². The van der Waals surface area contributed by atoms with Gasteiger partial charge in [0.2, 0.25) is 0 Å². The Hall–Kier alpha value is -3.06. The van der Waals surface area contributed by atoms with E-state index in [1.165, 1.54) is 0 Å². The van der Waals surface area contributed by atoms with Crippen LogP contribution in [0, 0.1) is 0 Å². The average Bonchev–Trinajstić information content (AvgIpc) is 2.71. The molecule has 2 aromatic carbocycles. The number of hydrogen-bond acceptors (Lipinski definition) is 5. The minimum Gasteiger partial charge on any atom is -0.444 e. The minimum absolute atomic E-state index is 0.150. The van der Waals surface area contributed by atoms with Gasteiger partial charge in [-0.3, -0.25) is 5.32 Å². The third-order valence-electron chi connectivity index (χ3n) is 4.78. The molecule has 2 N–H and O–H groups in total. The van der Waals surface area contributed by atoms with E-state index in [-0.39, 0.29) is 13.2 Å². The number of fused-ring (bicyclic) bond motifs is 1. The van der Waals surface area contributed by atoms with Crippen LogP contribution in [0.3, 0.4) is 0 Å². The number of amides is 2. The summed E-state index contributed by atoms with van der Waals surface area (Å²) in [5.74, 6) is 0. The van der Waals surface area contributed by atoms with E-state index in [9.17, 15) is 14.7 Å². The van der Waals surface area contributed by atoms with Crippen LogP contribution < -0.4 is 5.32 Å². The van der Waals surface area contributed by atoms with Gasteiger partial charge in [0.05, 0.1) is 6.61 Å². The molecule has 7 nitrogen and oxygen atoms in total. The molecule has 0 saturated carbocycles. The van der Waals surface area contributed by atoms with Gasteiger partial charge in [-0.05, 0) is 55.5 Å². The summed E-state index contributed by atoms with van der Waals surface area (Å²) >= 11 is 0. The molecule has 0 unspecified atom stereocenters. The summed E-state index contributed by atoms with van der Waals surface area (Å²) in [7, 11) is 0. The van der Waals surface area contributed by atoms with Crippen molar-refractivity contribution in [2.45, 2.75) is 52.6 Å². The van der Waals surface area contributed by atoms with Gasteiger partial charge in [-0.1, -0.05) is 36.4 Å². The molecule has 30 heavy (non-hydrogen) atoms. The largest absolute Gasteiger partial charge is 0.444 e. The van der Waals surface area contributed by atoms with Crippen LogP contribution in [0.4, 0.5) is 15.3 Å². The van der Waals surface area contributed by atoms with Gasteiger partial charge in [0.25, 0.3) is 0 Å². The van der Waals surface area contributed by atoms with Crippen molar-refractivity contribution in [3.63, 3.8) is 0 Å². The van der Waals surface area contributed by atoms with Crippen LogP contribution >= 0.6 is 0 Å². The molecule has 0 atom stereocenters. The van der Waals surface area contributed by atoms with Crippen molar-refractivity contribution in [2.75, 3.05) is 11.9 Å². The summed E-state index contributed by atoms with van der Waals surface area (Å²) < 4.78 is 10.8. The number of ether oxygens (including phenoxy) is 2. The Morgan fingerprint density at radius 1 is 1.10 bits per heavy atom. The third kappa shape index (κ3) is 5.51. The maximum Gasteiger partial charge on any atom is 0.411 e. The number of nitrogens with zero attached hydrogens (tertiary/aromatic N) is 1. The van der Waals surface area contributed by atoms with Crippen LogP contribution in [0.25, 0.3) is 0 Å². The average molecular weight is 412 g/mol. The molecule has 0 spiro atoms. The fraction of sp³-hybridized carbons (Fsp3) is 0.391. The van der Waals surface area contributed by atoms with E-state index < -0.39 is 17.8 Å². The molecule has 1 aliphatic rings. The molecule has 2 amide bonds. The zero-order chi connectivity index (χ0) is 21.7. The summed E-state index contributed by atoms with van der Waals surface area (Å²) in [6.07, 6.45) is -0.401. The minimum atomic E-state index is -0.580. The highest BCUT2D eigenvalue weighted by atomic mass is 16.6. The summed E-state index contributed by atoms with van der Waals surface area (Å²) in [5.41, 5.74) is 3.40. The summed E-state index contributed by atoms with van der Waals surface area (Å²) in [6, 6.07) is 13.0. The zero-order valence-corrected chi connectivity index (χ0v) is 17.6. The van der Waals surface area contributed by atoms with Crippen LogP contribution in [0.5, 0.6) is 0 Å². The Kier molecular flexibility index (Phi) is 6.62. The number of anilines is 1. The van der Waals surface area contributed by atoms with Gasteiger partial charge in [-0.15, -0.1) is 0 Å². The fourth-order valence-corrected chi connectivity index (χ4v) is 3.36. The van der Waals surface area contributed by atoms with E-state index >= 15 is 0 Å². The molecular weight excluding hydrogens is 384 g/mol. The molecule has 0 aliphatic carbocycles. The van der Waals surface area contributed by atoms with Crippen molar-refractivity contribution in [2.24, 2.45) is 0 Å². The first kappa shape index (κ1) is 21.6. The number of hydrogen-bond donors (Lipinski definition) is 2. The second kappa shape index (κ2) is 9.17. The smallest absolute Gasteiger partial charge is 0.411 e. The third-order valence-corrected chi connectivity index (χ3v) is 4.78. The zero-order valence-electron chi connectivity index (χ0n) is 17.6. The number of aliphatic hydroxyl groups excluding tert-OH is 1. The summed E-state index contributed by atoms with van der Waals surface area (Å²) in [4.78, 5) is 26.4. The van der Waals surface area contributed by atoms with Crippen LogP contribution in [0.2, 0.25) is 0 Å².